The van der Waals surface area contributed by atoms with Gasteiger partial charge in [0, 0.05) is 33.0 Å². The van der Waals surface area contributed by atoms with Gasteiger partial charge in [0.1, 0.15) is 29.3 Å². The lowest BCUT2D eigenvalue weighted by atomic mass is 9.98. The summed E-state index contributed by atoms with van der Waals surface area (Å²) in [6.07, 6.45) is 2.52. The molecule has 0 saturated heterocycles. The second-order valence-electron chi connectivity index (χ2n) is 9.96. The molecule has 1 N–H and O–H groups in total. The van der Waals surface area contributed by atoms with Gasteiger partial charge >= 0.3 is 0 Å². The average Bonchev–Trinajstić information content (AvgIpc) is 3.58. The van der Waals surface area contributed by atoms with Crippen LogP contribution in [0.4, 0.5) is 10.2 Å². The van der Waals surface area contributed by atoms with Crippen molar-refractivity contribution in [3.8, 4) is 39.6 Å². The molecule has 0 fully saturated rings. The van der Waals surface area contributed by atoms with Crippen molar-refractivity contribution in [2.24, 2.45) is 0 Å². The van der Waals surface area contributed by atoms with Gasteiger partial charge < -0.3 is 19.1 Å². The fourth-order valence-corrected chi connectivity index (χ4v) is 6.71. The number of rotatable bonds is 9. The van der Waals surface area contributed by atoms with E-state index in [1.807, 2.05) is 0 Å². The molecule has 9 nitrogen and oxygen atoms in total. The summed E-state index contributed by atoms with van der Waals surface area (Å²) in [5.74, 6) is 0.477. The number of benzene rings is 4. The predicted octanol–water partition coefficient (Wildman–Crippen LogP) is 7.47. The van der Waals surface area contributed by atoms with E-state index in [1.54, 1.807) is 61.7 Å². The highest BCUT2D eigenvalue weighted by molar-refractivity contribution is 7.92. The van der Waals surface area contributed by atoms with Crippen LogP contribution in [-0.2, 0) is 16.6 Å². The normalized spacial score (nSPS) is 11.5. The molecule has 4 aromatic carbocycles. The van der Waals surface area contributed by atoms with E-state index in [9.17, 15) is 17.9 Å². The van der Waals surface area contributed by atoms with Crippen molar-refractivity contribution in [3.05, 3.63) is 114 Å². The first-order valence-electron chi connectivity index (χ1n) is 13.5. The molecule has 0 saturated carbocycles. The first-order valence-corrected chi connectivity index (χ1v) is 15.3. The largest absolute Gasteiger partial charge is 0.506 e. The number of ether oxygens (including phenoxy) is 2. The number of aromatic nitrogens is 2. The van der Waals surface area contributed by atoms with E-state index in [2.05, 4.69) is 10.1 Å². The fraction of sp³-hybridized carbons (Fsp3) is 0.0909. The van der Waals surface area contributed by atoms with Crippen LogP contribution in [0.2, 0.25) is 5.02 Å². The molecule has 6 aromatic rings. The van der Waals surface area contributed by atoms with Gasteiger partial charge in [-0.05, 0) is 59.7 Å². The van der Waals surface area contributed by atoms with Gasteiger partial charge in [0.2, 0.25) is 0 Å². The van der Waals surface area contributed by atoms with Gasteiger partial charge in [-0.25, -0.2) is 17.1 Å². The highest BCUT2D eigenvalue weighted by atomic mass is 35.5. The lowest BCUT2D eigenvalue weighted by Crippen LogP contribution is -2.30. The lowest BCUT2D eigenvalue weighted by molar-refractivity contribution is 0.414. The minimum absolute atomic E-state index is 0.0438. The van der Waals surface area contributed by atoms with Crippen molar-refractivity contribution in [1.82, 2.24) is 10.1 Å². The Balaban J connectivity index is 1.44. The number of hydrogen-bond acceptors (Lipinski definition) is 8. The van der Waals surface area contributed by atoms with Crippen LogP contribution in [0.25, 0.3) is 33.2 Å². The third-order valence-corrected chi connectivity index (χ3v) is 9.33. The van der Waals surface area contributed by atoms with Crippen LogP contribution in [0, 0.1) is 5.82 Å². The Labute approximate surface area is 263 Å². The van der Waals surface area contributed by atoms with Gasteiger partial charge in [-0.3, -0.25) is 4.98 Å². The van der Waals surface area contributed by atoms with Crippen molar-refractivity contribution in [2.75, 3.05) is 18.5 Å². The number of anilines is 1. The Bertz CT molecular complexity index is 2120. The number of pyridine rings is 1. The standard InChI is InChI=1S/C33H25ClFN3O6S/c1-42-23-8-6-20(7-9-23)19-38(32-12-13-44-37-32)45(40,41)24-10-11-25-27(15-24)30(39)18-36-33(25)28-16-29(34)26(17-31(28)43-2)21-4-3-5-22(35)14-21/h3-18,39H,19H2,1-2H3. The van der Waals surface area contributed by atoms with E-state index in [0.717, 1.165) is 4.31 Å². The number of nitrogens with zero attached hydrogens (tertiary/aromatic N) is 3. The quantitative estimate of drug-likeness (QED) is 0.172. The number of fused-ring (bicyclic) bond motifs is 1. The van der Waals surface area contributed by atoms with Crippen molar-refractivity contribution in [2.45, 2.75) is 11.4 Å². The zero-order valence-corrected chi connectivity index (χ0v) is 25.5. The van der Waals surface area contributed by atoms with Crippen LogP contribution in [0.3, 0.4) is 0 Å². The maximum Gasteiger partial charge on any atom is 0.265 e. The molecule has 0 unspecified atom stereocenters. The fourth-order valence-electron chi connectivity index (χ4n) is 5.01. The monoisotopic (exact) mass is 645 g/mol. The molecule has 0 aliphatic carbocycles. The van der Waals surface area contributed by atoms with Gasteiger partial charge in [0.25, 0.3) is 10.0 Å². The molecule has 0 spiro atoms. The Morgan fingerprint density at radius 3 is 2.42 bits per heavy atom. The first-order chi connectivity index (χ1) is 21.7. The Morgan fingerprint density at radius 2 is 1.73 bits per heavy atom. The summed E-state index contributed by atoms with van der Waals surface area (Å²) in [5, 5.41) is 15.7. The second kappa shape index (κ2) is 12.1. The van der Waals surface area contributed by atoms with Crippen LogP contribution in [0.5, 0.6) is 17.2 Å². The van der Waals surface area contributed by atoms with Crippen LogP contribution >= 0.6 is 11.6 Å². The molecule has 45 heavy (non-hydrogen) atoms. The molecule has 0 amide bonds. The van der Waals surface area contributed by atoms with E-state index in [1.165, 1.54) is 49.9 Å². The molecule has 228 valence electrons. The SMILES string of the molecule is COc1ccc(CN(c2ccon2)S(=O)(=O)c2ccc3c(-c4cc(Cl)c(-c5cccc(F)c5)cc4OC)ncc(O)c3c2)cc1. The molecule has 0 bridgehead atoms. The summed E-state index contributed by atoms with van der Waals surface area (Å²) in [7, 11) is -1.18. The van der Waals surface area contributed by atoms with Crippen LogP contribution in [0.1, 0.15) is 5.56 Å². The summed E-state index contributed by atoms with van der Waals surface area (Å²) < 4.78 is 59.0. The molecule has 6 rings (SSSR count). The third-order valence-electron chi connectivity index (χ3n) is 7.27. The first kappa shape index (κ1) is 29.9. The third kappa shape index (κ3) is 5.75. The lowest BCUT2D eigenvalue weighted by Gasteiger charge is -2.22. The molecule has 0 radical (unpaired) electrons. The van der Waals surface area contributed by atoms with Crippen molar-refractivity contribution in [3.63, 3.8) is 0 Å². The Kier molecular flexibility index (Phi) is 8.05. The van der Waals surface area contributed by atoms with Gasteiger partial charge in [-0.2, -0.15) is 0 Å². The Hall–Kier alpha value is -5.13. The van der Waals surface area contributed by atoms with Gasteiger partial charge in [-0.1, -0.05) is 47.1 Å². The van der Waals surface area contributed by atoms with Crippen molar-refractivity contribution < 1.29 is 31.9 Å². The highest BCUT2D eigenvalue weighted by Gasteiger charge is 2.28. The zero-order chi connectivity index (χ0) is 31.7. The molecule has 0 aliphatic heterocycles. The Morgan fingerprint density at radius 1 is 0.933 bits per heavy atom. The number of hydrogen-bond donors (Lipinski definition) is 1. The smallest absolute Gasteiger partial charge is 0.265 e. The van der Waals surface area contributed by atoms with Gasteiger partial charge in [0.15, 0.2) is 5.82 Å². The predicted molar refractivity (Wildman–Crippen MR) is 169 cm³/mol. The second-order valence-corrected chi connectivity index (χ2v) is 12.2. The molecule has 0 aliphatic rings. The zero-order valence-electron chi connectivity index (χ0n) is 23.9. The maximum absolute atomic E-state index is 14.1. The minimum atomic E-state index is -4.21. The number of halogens is 2. The van der Waals surface area contributed by atoms with Crippen molar-refractivity contribution in [1.29, 1.82) is 0 Å². The van der Waals surface area contributed by atoms with E-state index in [-0.39, 0.29) is 28.4 Å². The van der Waals surface area contributed by atoms with E-state index in [0.29, 0.717) is 49.9 Å². The van der Waals surface area contributed by atoms with E-state index < -0.39 is 15.8 Å². The van der Waals surface area contributed by atoms with Crippen LogP contribution in [0.15, 0.2) is 107 Å². The maximum atomic E-state index is 14.1. The molecule has 0 atom stereocenters. The average molecular weight is 646 g/mol. The van der Waals surface area contributed by atoms with Crippen LogP contribution in [-0.4, -0.2) is 37.9 Å². The summed E-state index contributed by atoms with van der Waals surface area (Å²) in [4.78, 5) is 4.35. The van der Waals surface area contributed by atoms with E-state index in [4.69, 9.17) is 25.6 Å². The van der Waals surface area contributed by atoms with Crippen molar-refractivity contribution >= 4 is 38.2 Å². The summed E-state index contributed by atoms with van der Waals surface area (Å²) >= 11 is 6.67. The topological polar surface area (TPSA) is 115 Å². The molecule has 2 heterocycles. The summed E-state index contributed by atoms with van der Waals surface area (Å²) in [6, 6.07) is 22.1. The molecule has 12 heteroatoms. The number of sulfonamides is 1. The highest BCUT2D eigenvalue weighted by Crippen LogP contribution is 2.42. The van der Waals surface area contributed by atoms with Gasteiger partial charge in [-0.15, -0.1) is 0 Å². The number of methoxy groups -OCH3 is 2. The summed E-state index contributed by atoms with van der Waals surface area (Å²) in [5.41, 5.74) is 2.69. The minimum Gasteiger partial charge on any atom is -0.506 e. The van der Waals surface area contributed by atoms with E-state index >= 15 is 0 Å². The van der Waals surface area contributed by atoms with Gasteiger partial charge in [0.05, 0.1) is 37.6 Å². The van der Waals surface area contributed by atoms with Crippen LogP contribution < -0.4 is 13.8 Å². The molecular weight excluding hydrogens is 621 g/mol. The molecule has 2 aromatic heterocycles. The summed E-state index contributed by atoms with van der Waals surface area (Å²) in [6.45, 7) is -0.0438. The molecular formula is C33H25ClFN3O6S. The number of aromatic hydroxyl groups is 1.